The number of nitrogens with zero attached hydrogens (tertiary/aromatic N) is 3. The van der Waals surface area contributed by atoms with Crippen LogP contribution in [0.5, 0.6) is 0 Å². The van der Waals surface area contributed by atoms with E-state index < -0.39 is 0 Å². The van der Waals surface area contributed by atoms with E-state index in [1.807, 2.05) is 54.6 Å². The molecule has 0 amide bonds. The molecule has 0 spiro atoms. The van der Waals surface area contributed by atoms with E-state index in [1.165, 1.54) is 0 Å². The van der Waals surface area contributed by atoms with Gasteiger partial charge in [0.1, 0.15) is 30.2 Å². The summed E-state index contributed by atoms with van der Waals surface area (Å²) in [5, 5.41) is 5.70. The predicted octanol–water partition coefficient (Wildman–Crippen LogP) is 3.81. The van der Waals surface area contributed by atoms with E-state index in [-0.39, 0.29) is 21.1 Å². The van der Waals surface area contributed by atoms with Gasteiger partial charge in [0.05, 0.1) is 0 Å². The summed E-state index contributed by atoms with van der Waals surface area (Å²) >= 11 is 4.75. The van der Waals surface area contributed by atoms with Gasteiger partial charge in [0.15, 0.2) is 0 Å². The average Bonchev–Trinajstić information content (AvgIpc) is 2.73. The van der Waals surface area contributed by atoms with Gasteiger partial charge >= 0.3 is 0 Å². The van der Waals surface area contributed by atoms with Crippen LogP contribution in [-0.4, -0.2) is 35.3 Å². The Labute approximate surface area is 190 Å². The molecule has 0 saturated carbocycles. The number of hydrogen-bond acceptors (Lipinski definition) is 9. The third-order valence-electron chi connectivity index (χ3n) is 2.72. The number of pyridine rings is 3. The zero-order valence-electron chi connectivity index (χ0n) is 14.1. The molecule has 28 heavy (non-hydrogen) atoms. The van der Waals surface area contributed by atoms with Crippen molar-refractivity contribution in [3.05, 3.63) is 54.6 Å². The minimum Gasteiger partial charge on any atom is -0.545 e. The van der Waals surface area contributed by atoms with E-state index >= 15 is 0 Å². The zero-order chi connectivity index (χ0) is 20.1. The topological polar surface area (TPSA) is 89.9 Å². The van der Waals surface area contributed by atoms with Gasteiger partial charge in [-0.2, -0.15) is 0 Å². The Bertz CT molecular complexity index is 709. The van der Waals surface area contributed by atoms with Crippen molar-refractivity contribution in [2.45, 2.75) is 30.2 Å². The fourth-order valence-electron chi connectivity index (χ4n) is 1.85. The Morgan fingerprint density at radius 1 is 0.464 bits per heavy atom. The number of hydrogen-bond donors (Lipinski definition) is 0. The molecule has 1 aliphatic heterocycles. The second-order valence-corrected chi connectivity index (χ2v) is 7.37. The Kier molecular flexibility index (Phi) is 14.2. The average molecular weight is 598 g/mol. The standard InChI is InChI=1S/C15H9N3S3.3CHO.W/c1-4-10-16-11(5-1)20-13-7-3-9-15(18-13)21-14-8-2-6-12(17-14)19-10;3*1-2;/h1-9H;3*1H;/q;3*-1;. The molecule has 144 valence electrons. The van der Waals surface area contributed by atoms with Crippen molar-refractivity contribution in [1.82, 2.24) is 15.0 Å². The van der Waals surface area contributed by atoms with Crippen molar-refractivity contribution in [2.75, 3.05) is 0 Å². The minimum absolute atomic E-state index is 0. The quantitative estimate of drug-likeness (QED) is 0.222. The molecule has 0 fully saturated rings. The van der Waals surface area contributed by atoms with Gasteiger partial charge in [-0.15, -0.1) is 0 Å². The maximum atomic E-state index is 7.75. The molecule has 0 unspecified atom stereocenters. The van der Waals surface area contributed by atoms with Crippen LogP contribution in [0, 0.1) is 0 Å². The van der Waals surface area contributed by atoms with Gasteiger partial charge in [0.25, 0.3) is 0 Å². The summed E-state index contributed by atoms with van der Waals surface area (Å²) < 4.78 is 0. The first-order chi connectivity index (χ1) is 13.3. The molecular formula is C18H12N3O3S3W-3. The van der Waals surface area contributed by atoms with Crippen LogP contribution in [0.15, 0.2) is 84.8 Å². The van der Waals surface area contributed by atoms with Crippen LogP contribution < -0.4 is 0 Å². The molecule has 0 saturated heterocycles. The maximum Gasteiger partial charge on any atom is 0.104 e. The van der Waals surface area contributed by atoms with Crippen molar-refractivity contribution >= 4 is 55.7 Å². The van der Waals surface area contributed by atoms with E-state index in [0.717, 1.165) is 30.2 Å². The van der Waals surface area contributed by atoms with Crippen molar-refractivity contribution in [3.8, 4) is 0 Å². The van der Waals surface area contributed by atoms with Gasteiger partial charge in [-0.1, -0.05) is 53.5 Å². The fraction of sp³-hybridized carbons (Fsp3) is 0. The van der Waals surface area contributed by atoms with Gasteiger partial charge in [-0.3, -0.25) is 20.4 Å². The molecule has 0 aromatic carbocycles. The maximum absolute atomic E-state index is 7.75. The van der Waals surface area contributed by atoms with Crippen LogP contribution in [0.3, 0.4) is 0 Å². The molecule has 10 heteroatoms. The van der Waals surface area contributed by atoms with E-state index in [2.05, 4.69) is 35.3 Å². The summed E-state index contributed by atoms with van der Waals surface area (Å²) in [7, 11) is 0. The molecule has 1 aliphatic rings. The van der Waals surface area contributed by atoms with Crippen molar-refractivity contribution in [3.63, 3.8) is 0 Å². The molecule has 3 aromatic rings. The van der Waals surface area contributed by atoms with Crippen LogP contribution in [0.4, 0.5) is 0 Å². The number of fused-ring (bicyclic) bond motifs is 6. The largest absolute Gasteiger partial charge is 0.545 e. The second kappa shape index (κ2) is 15.2. The number of rotatable bonds is 0. The van der Waals surface area contributed by atoms with Gasteiger partial charge in [0.2, 0.25) is 0 Å². The number of aromatic nitrogens is 3. The van der Waals surface area contributed by atoms with Crippen molar-refractivity contribution < 1.29 is 35.4 Å². The van der Waals surface area contributed by atoms with E-state index in [4.69, 9.17) is 14.4 Å². The summed E-state index contributed by atoms with van der Waals surface area (Å²) in [6.45, 7) is 9.75. The molecule has 6 nitrogen and oxygen atoms in total. The van der Waals surface area contributed by atoms with Crippen LogP contribution in [0.25, 0.3) is 0 Å². The second-order valence-electron chi connectivity index (χ2n) is 4.25. The summed E-state index contributed by atoms with van der Waals surface area (Å²) in [5.74, 6) is 0. The predicted molar refractivity (Wildman–Crippen MR) is 105 cm³/mol. The molecule has 0 atom stereocenters. The van der Waals surface area contributed by atoms with Crippen molar-refractivity contribution in [2.24, 2.45) is 0 Å². The molecule has 0 aliphatic carbocycles. The monoisotopic (exact) mass is 598 g/mol. The van der Waals surface area contributed by atoms with Crippen LogP contribution in [-0.2, 0) is 35.4 Å². The van der Waals surface area contributed by atoms with Crippen LogP contribution in [0.2, 0.25) is 0 Å². The first-order valence-corrected chi connectivity index (χ1v) is 9.46. The summed E-state index contributed by atoms with van der Waals surface area (Å²) in [6, 6.07) is 18.1. The van der Waals surface area contributed by atoms with Crippen LogP contribution in [0.1, 0.15) is 0 Å². The third kappa shape index (κ3) is 8.06. The van der Waals surface area contributed by atoms with E-state index in [1.54, 1.807) is 35.3 Å². The number of carbonyl (C=O) groups excluding carboxylic acids is 3. The molecule has 6 bridgehead atoms. The third-order valence-corrected chi connectivity index (χ3v) is 5.34. The zero-order valence-corrected chi connectivity index (χ0v) is 19.5. The minimum atomic E-state index is 0. The van der Waals surface area contributed by atoms with Crippen molar-refractivity contribution in [1.29, 1.82) is 0 Å². The van der Waals surface area contributed by atoms with E-state index in [0.29, 0.717) is 0 Å². The first-order valence-electron chi connectivity index (χ1n) is 7.01. The Morgan fingerprint density at radius 2 is 0.643 bits per heavy atom. The molecule has 3 aromatic heterocycles. The van der Waals surface area contributed by atoms with Crippen LogP contribution >= 0.6 is 35.3 Å². The molecule has 0 radical (unpaired) electrons. The van der Waals surface area contributed by atoms with E-state index in [9.17, 15) is 0 Å². The molecule has 0 N–H and O–H groups in total. The van der Waals surface area contributed by atoms with Gasteiger partial charge in [-0.25, -0.2) is 15.0 Å². The fourth-order valence-corrected chi connectivity index (χ4v) is 4.41. The van der Waals surface area contributed by atoms with Gasteiger partial charge in [-0.05, 0) is 36.4 Å². The Hall–Kier alpha value is -1.80. The van der Waals surface area contributed by atoms with Gasteiger partial charge in [0, 0.05) is 21.1 Å². The Balaban J connectivity index is 0.000000957. The first kappa shape index (κ1) is 26.2. The van der Waals surface area contributed by atoms with Gasteiger partial charge < -0.3 is 14.4 Å². The Morgan fingerprint density at radius 3 is 0.821 bits per heavy atom. The summed E-state index contributed by atoms with van der Waals surface area (Å²) in [6.07, 6.45) is 0. The normalized spacial score (nSPS) is 10.3. The SMILES string of the molecule is [CH-]=O.[CH-]=O.[CH-]=O.[W].c1cc2nc(c1)Sc1cccc(n1)Sc1cccc(n1)S2. The molecular weight excluding hydrogens is 586 g/mol. The molecule has 4 rings (SSSR count). The molecule has 4 heterocycles. The smallest absolute Gasteiger partial charge is 0.104 e. The summed E-state index contributed by atoms with van der Waals surface area (Å²) in [4.78, 5) is 37.2. The summed E-state index contributed by atoms with van der Waals surface area (Å²) in [5.41, 5.74) is 0.